The fraction of sp³-hybridized carbons (Fsp3) is 0.800. The Hall–Kier alpha value is -0.490. The number of aromatic nitrogens is 1. The first-order valence-electron chi connectivity index (χ1n) is 7.65. The number of piperidine rings is 1. The minimum Gasteiger partial charge on any atom is -0.383 e. The molecule has 0 radical (unpaired) electrons. The zero-order valence-corrected chi connectivity index (χ0v) is 13.4. The van der Waals surface area contributed by atoms with E-state index in [9.17, 15) is 0 Å². The van der Waals surface area contributed by atoms with Gasteiger partial charge in [-0.2, -0.15) is 0 Å². The van der Waals surface area contributed by atoms with Crippen molar-refractivity contribution in [1.29, 1.82) is 0 Å². The lowest BCUT2D eigenvalue weighted by atomic mass is 9.89. The van der Waals surface area contributed by atoms with Gasteiger partial charge in [0.1, 0.15) is 5.01 Å². The first-order valence-corrected chi connectivity index (χ1v) is 8.47. The monoisotopic (exact) mass is 295 g/mol. The Bertz CT molecular complexity index is 440. The predicted molar refractivity (Wildman–Crippen MR) is 82.4 cm³/mol. The molecule has 1 aromatic rings. The molecule has 1 aliphatic carbocycles. The highest BCUT2D eigenvalue weighted by atomic mass is 32.1. The molecule has 0 aromatic carbocycles. The van der Waals surface area contributed by atoms with Gasteiger partial charge in [0.15, 0.2) is 0 Å². The lowest BCUT2D eigenvalue weighted by Crippen LogP contribution is -2.54. The van der Waals surface area contributed by atoms with E-state index in [0.29, 0.717) is 0 Å². The van der Waals surface area contributed by atoms with E-state index in [1.165, 1.54) is 54.2 Å². The summed E-state index contributed by atoms with van der Waals surface area (Å²) in [6, 6.07) is 0. The summed E-state index contributed by atoms with van der Waals surface area (Å²) in [6.07, 6.45) is 6.12. The number of methoxy groups -OCH3 is 1. The van der Waals surface area contributed by atoms with Crippen LogP contribution in [0.1, 0.15) is 34.8 Å². The summed E-state index contributed by atoms with van der Waals surface area (Å²) in [6.45, 7) is 3.91. The number of aryl methyl sites for hydroxylation is 2. The molecular formula is C15H25N3OS. The van der Waals surface area contributed by atoms with Crippen LogP contribution in [0.4, 0.5) is 0 Å². The highest BCUT2D eigenvalue weighted by Gasteiger charge is 2.39. The summed E-state index contributed by atoms with van der Waals surface area (Å²) in [5.41, 5.74) is 1.41. The molecule has 1 saturated heterocycles. The molecule has 20 heavy (non-hydrogen) atoms. The van der Waals surface area contributed by atoms with Gasteiger partial charge in [-0.25, -0.2) is 4.98 Å². The van der Waals surface area contributed by atoms with Gasteiger partial charge in [-0.15, -0.1) is 11.3 Å². The number of nitrogens with one attached hydrogen (secondary N) is 1. The van der Waals surface area contributed by atoms with Gasteiger partial charge in [0.05, 0.1) is 17.8 Å². The molecule has 0 amide bonds. The minimum absolute atomic E-state index is 0.0422. The van der Waals surface area contributed by atoms with Gasteiger partial charge in [-0.05, 0) is 45.7 Å². The molecule has 112 valence electrons. The summed E-state index contributed by atoms with van der Waals surface area (Å²) in [5.74, 6) is 0. The van der Waals surface area contributed by atoms with Crippen molar-refractivity contribution in [3.05, 3.63) is 15.6 Å². The van der Waals surface area contributed by atoms with Crippen molar-refractivity contribution < 1.29 is 4.74 Å². The fourth-order valence-corrected chi connectivity index (χ4v) is 4.79. The van der Waals surface area contributed by atoms with Crippen LogP contribution >= 0.6 is 11.3 Å². The molecule has 1 N–H and O–H groups in total. The standard InChI is InChI=1S/C15H25N3OS/c1-18-9-4-7-15(11-18,16-8-10-19-2)14-17-12-5-3-6-13(12)20-14/h16H,3-11H2,1-2H3. The van der Waals surface area contributed by atoms with E-state index in [4.69, 9.17) is 9.72 Å². The van der Waals surface area contributed by atoms with Gasteiger partial charge >= 0.3 is 0 Å². The third-order valence-corrected chi connectivity index (χ3v) is 5.82. The van der Waals surface area contributed by atoms with Crippen molar-refractivity contribution in [2.24, 2.45) is 0 Å². The molecule has 0 spiro atoms. The summed E-state index contributed by atoms with van der Waals surface area (Å²) in [4.78, 5) is 8.94. The van der Waals surface area contributed by atoms with Crippen LogP contribution in [0.2, 0.25) is 0 Å². The van der Waals surface area contributed by atoms with Gasteiger partial charge in [-0.1, -0.05) is 0 Å². The lowest BCUT2D eigenvalue weighted by molar-refractivity contribution is 0.125. The Morgan fingerprint density at radius 3 is 3.05 bits per heavy atom. The zero-order chi connectivity index (χ0) is 14.0. The molecule has 1 aliphatic heterocycles. The van der Waals surface area contributed by atoms with E-state index in [1.807, 2.05) is 11.3 Å². The Kier molecular flexibility index (Phi) is 4.40. The Labute approximate surface area is 125 Å². The molecule has 2 aliphatic rings. The number of rotatable bonds is 5. The van der Waals surface area contributed by atoms with Crippen molar-refractivity contribution in [3.63, 3.8) is 0 Å². The third-order valence-electron chi connectivity index (χ3n) is 4.46. The van der Waals surface area contributed by atoms with Crippen LogP contribution in [0.3, 0.4) is 0 Å². The van der Waals surface area contributed by atoms with Crippen molar-refractivity contribution in [3.8, 4) is 0 Å². The molecule has 1 fully saturated rings. The van der Waals surface area contributed by atoms with E-state index in [-0.39, 0.29) is 5.54 Å². The van der Waals surface area contributed by atoms with Gasteiger partial charge in [0.25, 0.3) is 0 Å². The normalized spacial score (nSPS) is 26.9. The van der Waals surface area contributed by atoms with E-state index < -0.39 is 0 Å². The first kappa shape index (κ1) is 14.4. The molecule has 4 nitrogen and oxygen atoms in total. The first-order chi connectivity index (χ1) is 9.73. The number of likely N-dealkylation sites (tertiary alicyclic amines) is 1. The van der Waals surface area contributed by atoms with Crippen LogP contribution in [0.25, 0.3) is 0 Å². The van der Waals surface area contributed by atoms with Crippen molar-refractivity contribution in [1.82, 2.24) is 15.2 Å². The quantitative estimate of drug-likeness (QED) is 0.841. The number of nitrogens with zero attached hydrogens (tertiary/aromatic N) is 2. The molecule has 5 heteroatoms. The number of likely N-dealkylation sites (N-methyl/N-ethyl adjacent to an activating group) is 1. The SMILES string of the molecule is COCCNC1(c2nc3c(s2)CCC3)CCCN(C)C1. The summed E-state index contributed by atoms with van der Waals surface area (Å²) >= 11 is 1.95. The zero-order valence-electron chi connectivity index (χ0n) is 12.6. The highest BCUT2D eigenvalue weighted by molar-refractivity contribution is 7.12. The number of hydrogen-bond acceptors (Lipinski definition) is 5. The van der Waals surface area contributed by atoms with Gasteiger partial charge < -0.3 is 15.0 Å². The Morgan fingerprint density at radius 1 is 1.40 bits per heavy atom. The largest absolute Gasteiger partial charge is 0.383 e. The molecule has 1 atom stereocenters. The van der Waals surface area contributed by atoms with E-state index >= 15 is 0 Å². The average molecular weight is 295 g/mol. The maximum Gasteiger partial charge on any atom is 0.115 e. The minimum atomic E-state index is 0.0422. The van der Waals surface area contributed by atoms with E-state index in [1.54, 1.807) is 7.11 Å². The van der Waals surface area contributed by atoms with Crippen LogP contribution in [-0.4, -0.2) is 50.3 Å². The average Bonchev–Trinajstić information content (AvgIpc) is 3.00. The van der Waals surface area contributed by atoms with Crippen molar-refractivity contribution in [2.75, 3.05) is 40.4 Å². The maximum absolute atomic E-state index is 5.21. The third kappa shape index (κ3) is 2.77. The van der Waals surface area contributed by atoms with Crippen molar-refractivity contribution >= 4 is 11.3 Å². The van der Waals surface area contributed by atoms with Gasteiger partial charge in [0.2, 0.25) is 0 Å². The maximum atomic E-state index is 5.21. The van der Waals surface area contributed by atoms with Gasteiger partial charge in [-0.3, -0.25) is 0 Å². The van der Waals surface area contributed by atoms with Crippen LogP contribution < -0.4 is 5.32 Å². The number of fused-ring (bicyclic) bond motifs is 1. The second-order valence-corrected chi connectivity index (χ2v) is 7.17. The van der Waals surface area contributed by atoms with E-state index in [0.717, 1.165) is 19.7 Å². The highest BCUT2D eigenvalue weighted by Crippen LogP contribution is 2.37. The molecular weight excluding hydrogens is 270 g/mol. The molecule has 1 aromatic heterocycles. The second kappa shape index (κ2) is 6.10. The summed E-state index contributed by atoms with van der Waals surface area (Å²) in [7, 11) is 3.98. The van der Waals surface area contributed by atoms with Gasteiger partial charge in [0, 0.05) is 25.1 Å². The Morgan fingerprint density at radius 2 is 2.30 bits per heavy atom. The van der Waals surface area contributed by atoms with Crippen LogP contribution in [0.5, 0.6) is 0 Å². The number of thiazole rings is 1. The van der Waals surface area contributed by atoms with E-state index in [2.05, 4.69) is 17.3 Å². The molecule has 0 saturated carbocycles. The Balaban J connectivity index is 1.83. The lowest BCUT2D eigenvalue weighted by Gasteiger charge is -2.41. The van der Waals surface area contributed by atoms with Crippen LogP contribution in [0, 0.1) is 0 Å². The molecule has 1 unspecified atom stereocenters. The molecule has 3 rings (SSSR count). The fourth-order valence-electron chi connectivity index (χ4n) is 3.45. The topological polar surface area (TPSA) is 37.4 Å². The molecule has 0 bridgehead atoms. The predicted octanol–water partition coefficient (Wildman–Crippen LogP) is 1.79. The number of hydrogen-bond donors (Lipinski definition) is 1. The number of ether oxygens (including phenoxy) is 1. The molecule has 2 heterocycles. The van der Waals surface area contributed by atoms with Crippen molar-refractivity contribution in [2.45, 2.75) is 37.6 Å². The second-order valence-electron chi connectivity index (χ2n) is 6.09. The summed E-state index contributed by atoms with van der Waals surface area (Å²) < 4.78 is 5.21. The smallest absolute Gasteiger partial charge is 0.115 e. The van der Waals surface area contributed by atoms with Crippen LogP contribution in [-0.2, 0) is 23.1 Å². The van der Waals surface area contributed by atoms with Crippen LogP contribution in [0.15, 0.2) is 0 Å². The summed E-state index contributed by atoms with van der Waals surface area (Å²) in [5, 5.41) is 5.06.